The lowest BCUT2D eigenvalue weighted by atomic mass is 9.95. The largest absolute Gasteiger partial charge is 0.397 e. The normalized spacial score (nSPS) is 18.3. The molecule has 21 heavy (non-hydrogen) atoms. The van der Waals surface area contributed by atoms with E-state index in [-0.39, 0.29) is 11.8 Å². The Morgan fingerprint density at radius 1 is 1.43 bits per heavy atom. The van der Waals surface area contributed by atoms with Crippen molar-refractivity contribution in [2.45, 2.75) is 26.7 Å². The Bertz CT molecular complexity index is 528. The number of hydrogen-bond donors (Lipinski definition) is 2. The second-order valence-corrected chi connectivity index (χ2v) is 5.93. The number of nitrogens with zero attached hydrogens (tertiary/aromatic N) is 1. The van der Waals surface area contributed by atoms with E-state index in [4.69, 9.17) is 5.73 Å². The summed E-state index contributed by atoms with van der Waals surface area (Å²) in [5.74, 6) is 0.941. The highest BCUT2D eigenvalue weighted by molar-refractivity contribution is 5.94. The monoisotopic (exact) mass is 289 g/mol. The average molecular weight is 289 g/mol. The maximum atomic E-state index is 11.9. The van der Waals surface area contributed by atoms with E-state index in [2.05, 4.69) is 19.2 Å². The van der Waals surface area contributed by atoms with Gasteiger partial charge in [-0.05, 0) is 24.0 Å². The lowest BCUT2D eigenvalue weighted by Gasteiger charge is -2.18. The third kappa shape index (κ3) is 3.97. The van der Waals surface area contributed by atoms with Gasteiger partial charge in [0, 0.05) is 25.9 Å². The van der Waals surface area contributed by atoms with Gasteiger partial charge >= 0.3 is 0 Å². The van der Waals surface area contributed by atoms with Crippen LogP contribution in [0.2, 0.25) is 0 Å². The van der Waals surface area contributed by atoms with E-state index >= 15 is 0 Å². The predicted molar refractivity (Wildman–Crippen MR) is 83.6 cm³/mol. The molecule has 1 saturated heterocycles. The SMILES string of the molecule is CC(C)C1CC(=O)N(CCC(=O)Nc2ccccc2N)C1. The maximum absolute atomic E-state index is 11.9. The van der Waals surface area contributed by atoms with E-state index in [1.165, 1.54) is 0 Å². The molecule has 0 saturated carbocycles. The molecule has 1 fully saturated rings. The number of carbonyl (C=O) groups excluding carboxylic acids is 2. The second kappa shape index (κ2) is 6.61. The molecule has 1 aromatic carbocycles. The number of nitrogens with two attached hydrogens (primary N) is 1. The van der Waals surface area contributed by atoms with Gasteiger partial charge in [0.15, 0.2) is 0 Å². The van der Waals surface area contributed by atoms with E-state index in [0.29, 0.717) is 42.6 Å². The molecule has 0 spiro atoms. The number of nitrogen functional groups attached to an aromatic ring is 1. The fourth-order valence-corrected chi connectivity index (χ4v) is 2.53. The predicted octanol–water partition coefficient (Wildman–Crippen LogP) is 2.10. The number of anilines is 2. The summed E-state index contributed by atoms with van der Waals surface area (Å²) < 4.78 is 0. The molecule has 0 aliphatic carbocycles. The molecule has 0 radical (unpaired) electrons. The van der Waals surface area contributed by atoms with Crippen molar-refractivity contribution in [1.82, 2.24) is 4.90 Å². The van der Waals surface area contributed by atoms with E-state index < -0.39 is 0 Å². The first-order chi connectivity index (χ1) is 9.97. The first-order valence-electron chi connectivity index (χ1n) is 7.39. The fraction of sp³-hybridized carbons (Fsp3) is 0.500. The number of amides is 2. The number of hydrogen-bond acceptors (Lipinski definition) is 3. The van der Waals surface area contributed by atoms with Crippen LogP contribution in [0.1, 0.15) is 26.7 Å². The van der Waals surface area contributed by atoms with Crippen LogP contribution in [0.25, 0.3) is 0 Å². The van der Waals surface area contributed by atoms with Gasteiger partial charge in [0.1, 0.15) is 0 Å². The Kier molecular flexibility index (Phi) is 4.83. The quantitative estimate of drug-likeness (QED) is 0.815. The first-order valence-corrected chi connectivity index (χ1v) is 7.39. The van der Waals surface area contributed by atoms with Crippen molar-refractivity contribution >= 4 is 23.2 Å². The number of likely N-dealkylation sites (tertiary alicyclic amines) is 1. The fourth-order valence-electron chi connectivity index (χ4n) is 2.53. The third-order valence-electron chi connectivity index (χ3n) is 4.03. The molecule has 1 heterocycles. The first kappa shape index (κ1) is 15.4. The van der Waals surface area contributed by atoms with Gasteiger partial charge in [-0.15, -0.1) is 0 Å². The Morgan fingerprint density at radius 2 is 2.14 bits per heavy atom. The number of nitrogens with one attached hydrogen (secondary N) is 1. The summed E-state index contributed by atoms with van der Waals surface area (Å²) in [5.41, 5.74) is 6.95. The van der Waals surface area contributed by atoms with Crippen LogP contribution in [0.3, 0.4) is 0 Å². The Hall–Kier alpha value is -2.04. The van der Waals surface area contributed by atoms with Crippen molar-refractivity contribution in [1.29, 1.82) is 0 Å². The molecule has 2 amide bonds. The number of carbonyl (C=O) groups is 2. The molecular formula is C16H23N3O2. The van der Waals surface area contributed by atoms with Gasteiger partial charge in [-0.25, -0.2) is 0 Å². The molecule has 1 aliphatic heterocycles. The summed E-state index contributed by atoms with van der Waals surface area (Å²) in [7, 11) is 0. The van der Waals surface area contributed by atoms with Crippen molar-refractivity contribution in [3.8, 4) is 0 Å². The van der Waals surface area contributed by atoms with Gasteiger partial charge in [-0.2, -0.15) is 0 Å². The number of rotatable bonds is 5. The maximum Gasteiger partial charge on any atom is 0.226 e. The highest BCUT2D eigenvalue weighted by Gasteiger charge is 2.31. The summed E-state index contributed by atoms with van der Waals surface area (Å²) in [6.45, 7) is 5.50. The van der Waals surface area contributed by atoms with Gasteiger partial charge in [-0.1, -0.05) is 26.0 Å². The minimum atomic E-state index is -0.117. The van der Waals surface area contributed by atoms with E-state index in [1.807, 2.05) is 12.1 Å². The van der Waals surface area contributed by atoms with Crippen LogP contribution in [0.15, 0.2) is 24.3 Å². The minimum Gasteiger partial charge on any atom is -0.397 e. The molecule has 0 bridgehead atoms. The van der Waals surface area contributed by atoms with Crippen LogP contribution in [-0.4, -0.2) is 29.8 Å². The Balaban J connectivity index is 1.82. The molecule has 5 heteroatoms. The van der Waals surface area contributed by atoms with E-state index in [9.17, 15) is 9.59 Å². The molecular weight excluding hydrogens is 266 g/mol. The van der Waals surface area contributed by atoms with E-state index in [1.54, 1.807) is 17.0 Å². The van der Waals surface area contributed by atoms with Crippen molar-refractivity contribution in [2.75, 3.05) is 24.1 Å². The van der Waals surface area contributed by atoms with Gasteiger partial charge < -0.3 is 16.0 Å². The van der Waals surface area contributed by atoms with Crippen LogP contribution in [0, 0.1) is 11.8 Å². The van der Waals surface area contributed by atoms with Crippen molar-refractivity contribution in [3.05, 3.63) is 24.3 Å². The van der Waals surface area contributed by atoms with Crippen LogP contribution < -0.4 is 11.1 Å². The molecule has 1 atom stereocenters. The molecule has 5 nitrogen and oxygen atoms in total. The van der Waals surface area contributed by atoms with Gasteiger partial charge in [-0.3, -0.25) is 9.59 Å². The zero-order valence-electron chi connectivity index (χ0n) is 12.6. The topological polar surface area (TPSA) is 75.4 Å². The molecule has 1 aromatic rings. The molecule has 2 rings (SSSR count). The van der Waals surface area contributed by atoms with Gasteiger partial charge in [0.2, 0.25) is 11.8 Å². The Labute approximate surface area is 125 Å². The summed E-state index contributed by atoms with van der Waals surface area (Å²) in [6, 6.07) is 7.15. The second-order valence-electron chi connectivity index (χ2n) is 5.93. The average Bonchev–Trinajstić information content (AvgIpc) is 2.81. The minimum absolute atomic E-state index is 0.117. The number of para-hydroxylation sites is 2. The Morgan fingerprint density at radius 3 is 2.76 bits per heavy atom. The zero-order valence-corrected chi connectivity index (χ0v) is 12.6. The van der Waals surface area contributed by atoms with Crippen LogP contribution in [0.5, 0.6) is 0 Å². The lowest BCUT2D eigenvalue weighted by Crippen LogP contribution is -2.29. The smallest absolute Gasteiger partial charge is 0.226 e. The van der Waals surface area contributed by atoms with Crippen LogP contribution in [-0.2, 0) is 9.59 Å². The van der Waals surface area contributed by atoms with Crippen LogP contribution >= 0.6 is 0 Å². The molecule has 114 valence electrons. The standard InChI is InChI=1S/C16H23N3O2/c1-11(2)12-9-16(21)19(10-12)8-7-15(20)18-14-6-4-3-5-13(14)17/h3-6,11-12H,7-10,17H2,1-2H3,(H,18,20). The highest BCUT2D eigenvalue weighted by atomic mass is 16.2. The molecule has 3 N–H and O–H groups in total. The highest BCUT2D eigenvalue weighted by Crippen LogP contribution is 2.25. The summed E-state index contributed by atoms with van der Waals surface area (Å²) in [5, 5.41) is 2.78. The number of benzene rings is 1. The lowest BCUT2D eigenvalue weighted by molar-refractivity contribution is -0.128. The third-order valence-corrected chi connectivity index (χ3v) is 4.03. The molecule has 1 aliphatic rings. The molecule has 1 unspecified atom stereocenters. The zero-order chi connectivity index (χ0) is 15.4. The van der Waals surface area contributed by atoms with Gasteiger partial charge in [0.25, 0.3) is 0 Å². The summed E-state index contributed by atoms with van der Waals surface area (Å²) in [6.07, 6.45) is 0.899. The molecule has 0 aromatic heterocycles. The summed E-state index contributed by atoms with van der Waals surface area (Å²) in [4.78, 5) is 25.6. The van der Waals surface area contributed by atoms with Gasteiger partial charge in [0.05, 0.1) is 11.4 Å². The van der Waals surface area contributed by atoms with E-state index in [0.717, 1.165) is 6.54 Å². The van der Waals surface area contributed by atoms with Crippen molar-refractivity contribution in [3.63, 3.8) is 0 Å². The summed E-state index contributed by atoms with van der Waals surface area (Å²) >= 11 is 0. The van der Waals surface area contributed by atoms with Crippen LogP contribution in [0.4, 0.5) is 11.4 Å². The van der Waals surface area contributed by atoms with Crippen molar-refractivity contribution < 1.29 is 9.59 Å². The van der Waals surface area contributed by atoms with Crippen molar-refractivity contribution in [2.24, 2.45) is 11.8 Å².